The molecule has 2 heterocycles. The van der Waals surface area contributed by atoms with Crippen LogP contribution in [-0.4, -0.2) is 21.5 Å². The van der Waals surface area contributed by atoms with Crippen LogP contribution in [0.25, 0.3) is 11.3 Å². The summed E-state index contributed by atoms with van der Waals surface area (Å²) in [6, 6.07) is 6.91. The summed E-state index contributed by atoms with van der Waals surface area (Å²) in [5, 5.41) is 16.7. The molecule has 7 heteroatoms. The number of hydrogen-bond donors (Lipinski definition) is 2. The largest absolute Gasteiger partial charge is 0.459 e. The molecule has 0 bridgehead atoms. The second-order valence-electron chi connectivity index (χ2n) is 5.72. The first-order valence-corrected chi connectivity index (χ1v) is 7.93. The molecular weight excluding hydrogens is 328 g/mol. The summed E-state index contributed by atoms with van der Waals surface area (Å²) in [7, 11) is 0. The summed E-state index contributed by atoms with van der Waals surface area (Å²) in [5.74, 6) is 0.125. The molecule has 2 aromatic heterocycles. The van der Waals surface area contributed by atoms with Crippen LogP contribution in [0.1, 0.15) is 17.0 Å². The van der Waals surface area contributed by atoms with Gasteiger partial charge in [-0.15, -0.1) is 0 Å². The molecule has 0 saturated heterocycles. The Kier molecular flexibility index (Phi) is 4.85. The number of halogens is 2. The van der Waals surface area contributed by atoms with Crippen LogP contribution in [0.4, 0.5) is 14.6 Å². The van der Waals surface area contributed by atoms with Crippen molar-refractivity contribution in [1.82, 2.24) is 9.78 Å². The monoisotopic (exact) mass is 347 g/mol. The van der Waals surface area contributed by atoms with Crippen molar-refractivity contribution in [2.45, 2.75) is 26.9 Å². The molecule has 5 nitrogen and oxygen atoms in total. The molecule has 0 atom stereocenters. The lowest BCUT2D eigenvalue weighted by Gasteiger charge is -2.09. The zero-order chi connectivity index (χ0) is 18.0. The zero-order valence-electron chi connectivity index (χ0n) is 14.0. The number of nitrogens with zero attached hydrogens (tertiary/aromatic N) is 2. The van der Waals surface area contributed by atoms with E-state index >= 15 is 0 Å². The summed E-state index contributed by atoms with van der Waals surface area (Å²) in [6.45, 7) is 4.50. The number of rotatable bonds is 6. The minimum Gasteiger partial charge on any atom is -0.459 e. The molecule has 3 aromatic rings. The summed E-state index contributed by atoms with van der Waals surface area (Å²) >= 11 is 0. The molecule has 1 aromatic carbocycles. The van der Waals surface area contributed by atoms with Gasteiger partial charge in [0.05, 0.1) is 31.0 Å². The highest BCUT2D eigenvalue weighted by atomic mass is 19.1. The Bertz CT molecular complexity index is 866. The number of aromatic nitrogens is 2. The lowest BCUT2D eigenvalue weighted by molar-refractivity contribution is 0.270. The van der Waals surface area contributed by atoms with E-state index in [1.54, 1.807) is 16.8 Å². The average Bonchev–Trinajstić information content (AvgIpc) is 3.12. The highest BCUT2D eigenvalue weighted by Gasteiger charge is 2.16. The van der Waals surface area contributed by atoms with Gasteiger partial charge in [0.2, 0.25) is 0 Å². The quantitative estimate of drug-likeness (QED) is 0.715. The van der Waals surface area contributed by atoms with Crippen LogP contribution < -0.4 is 5.32 Å². The predicted octanol–water partition coefficient (Wildman–Crippen LogP) is 3.64. The summed E-state index contributed by atoms with van der Waals surface area (Å²) in [5.41, 5.74) is 1.66. The van der Waals surface area contributed by atoms with Crippen LogP contribution in [0.15, 0.2) is 34.7 Å². The van der Waals surface area contributed by atoms with E-state index in [0.29, 0.717) is 18.8 Å². The Hall–Kier alpha value is -2.67. The highest BCUT2D eigenvalue weighted by molar-refractivity contribution is 5.59. The van der Waals surface area contributed by atoms with E-state index in [4.69, 9.17) is 9.52 Å². The molecule has 0 aliphatic carbocycles. The molecular formula is C18H19F2N3O2. The van der Waals surface area contributed by atoms with Crippen LogP contribution in [0.3, 0.4) is 0 Å². The average molecular weight is 347 g/mol. The molecule has 0 unspecified atom stereocenters. The van der Waals surface area contributed by atoms with E-state index in [2.05, 4.69) is 10.4 Å². The second kappa shape index (κ2) is 7.06. The fourth-order valence-corrected chi connectivity index (χ4v) is 2.66. The van der Waals surface area contributed by atoms with Crippen molar-refractivity contribution in [3.63, 3.8) is 0 Å². The van der Waals surface area contributed by atoms with E-state index in [1.165, 1.54) is 18.2 Å². The molecule has 0 spiro atoms. The molecule has 0 saturated carbocycles. The number of aliphatic hydroxyl groups excluding tert-OH is 1. The first-order valence-electron chi connectivity index (χ1n) is 7.93. The van der Waals surface area contributed by atoms with Gasteiger partial charge in [-0.25, -0.2) is 13.5 Å². The van der Waals surface area contributed by atoms with Gasteiger partial charge in [-0.3, -0.25) is 0 Å². The summed E-state index contributed by atoms with van der Waals surface area (Å²) < 4.78 is 34.9. The lowest BCUT2D eigenvalue weighted by Crippen LogP contribution is -2.10. The van der Waals surface area contributed by atoms with E-state index in [1.807, 2.05) is 13.8 Å². The molecule has 0 fully saturated rings. The Morgan fingerprint density at radius 2 is 1.88 bits per heavy atom. The third kappa shape index (κ3) is 3.41. The Balaban J connectivity index is 1.79. The first kappa shape index (κ1) is 17.2. The van der Waals surface area contributed by atoms with Gasteiger partial charge in [0.15, 0.2) is 0 Å². The summed E-state index contributed by atoms with van der Waals surface area (Å²) in [6.07, 6.45) is 0. The van der Waals surface area contributed by atoms with Gasteiger partial charge in [-0.2, -0.15) is 5.10 Å². The van der Waals surface area contributed by atoms with Crippen molar-refractivity contribution < 1.29 is 18.3 Å². The third-order valence-corrected chi connectivity index (χ3v) is 4.04. The number of furan rings is 1. The van der Waals surface area contributed by atoms with Gasteiger partial charge in [0.25, 0.3) is 0 Å². The number of benzene rings is 1. The van der Waals surface area contributed by atoms with Crippen molar-refractivity contribution in [3.8, 4) is 11.3 Å². The number of nitrogens with one attached hydrogen (secondary N) is 1. The first-order chi connectivity index (χ1) is 12.0. The van der Waals surface area contributed by atoms with Gasteiger partial charge in [0.1, 0.15) is 29.0 Å². The molecule has 0 radical (unpaired) electrons. The maximum absolute atomic E-state index is 13.8. The van der Waals surface area contributed by atoms with Crippen molar-refractivity contribution in [2.75, 3.05) is 11.9 Å². The fraction of sp³-hybridized carbons (Fsp3) is 0.278. The van der Waals surface area contributed by atoms with Crippen molar-refractivity contribution in [3.05, 3.63) is 59.0 Å². The highest BCUT2D eigenvalue weighted by Crippen LogP contribution is 2.28. The third-order valence-electron chi connectivity index (χ3n) is 4.04. The summed E-state index contributed by atoms with van der Waals surface area (Å²) in [4.78, 5) is 0. The van der Waals surface area contributed by atoms with Gasteiger partial charge < -0.3 is 14.8 Å². The molecule has 25 heavy (non-hydrogen) atoms. The maximum atomic E-state index is 13.8. The number of aliphatic hydroxyl groups is 1. The van der Waals surface area contributed by atoms with Crippen LogP contribution in [0.5, 0.6) is 0 Å². The van der Waals surface area contributed by atoms with E-state index < -0.39 is 11.6 Å². The minimum absolute atomic E-state index is 0.0211. The molecule has 3 rings (SSSR count). The van der Waals surface area contributed by atoms with Crippen LogP contribution in [0.2, 0.25) is 0 Å². The maximum Gasteiger partial charge on any atom is 0.140 e. The molecule has 2 N–H and O–H groups in total. The van der Waals surface area contributed by atoms with E-state index in [9.17, 15) is 8.78 Å². The molecule has 0 aliphatic heterocycles. The Morgan fingerprint density at radius 1 is 1.16 bits per heavy atom. The topological polar surface area (TPSA) is 63.2 Å². The lowest BCUT2D eigenvalue weighted by atomic mass is 10.1. The van der Waals surface area contributed by atoms with Gasteiger partial charge >= 0.3 is 0 Å². The number of anilines is 1. The zero-order valence-corrected chi connectivity index (χ0v) is 14.0. The van der Waals surface area contributed by atoms with Crippen LogP contribution in [-0.2, 0) is 13.1 Å². The standard InChI is InChI=1S/C18H19F2N3O2/c1-11-12(2)22-23(8-9-24)18(11)21-10-13-6-7-16(25-13)17-14(19)4-3-5-15(17)20/h3-7,21,24H,8-10H2,1-2H3. The normalized spacial score (nSPS) is 11.1. The van der Waals surface area contributed by atoms with Crippen molar-refractivity contribution >= 4 is 5.82 Å². The Morgan fingerprint density at radius 3 is 2.56 bits per heavy atom. The number of hydrogen-bond acceptors (Lipinski definition) is 4. The van der Waals surface area contributed by atoms with Crippen molar-refractivity contribution in [1.29, 1.82) is 0 Å². The molecule has 0 aliphatic rings. The van der Waals surface area contributed by atoms with Crippen LogP contribution >= 0.6 is 0 Å². The van der Waals surface area contributed by atoms with Gasteiger partial charge in [-0.05, 0) is 38.1 Å². The van der Waals surface area contributed by atoms with E-state index in [-0.39, 0.29) is 17.9 Å². The second-order valence-corrected chi connectivity index (χ2v) is 5.72. The van der Waals surface area contributed by atoms with Gasteiger partial charge in [0, 0.05) is 5.56 Å². The Labute approximate surface area is 143 Å². The fourth-order valence-electron chi connectivity index (χ4n) is 2.66. The van der Waals surface area contributed by atoms with Gasteiger partial charge in [-0.1, -0.05) is 6.07 Å². The van der Waals surface area contributed by atoms with E-state index in [0.717, 1.165) is 17.1 Å². The van der Waals surface area contributed by atoms with Crippen LogP contribution in [0, 0.1) is 25.5 Å². The smallest absolute Gasteiger partial charge is 0.140 e. The molecule has 0 amide bonds. The SMILES string of the molecule is Cc1nn(CCO)c(NCc2ccc(-c3c(F)cccc3F)o2)c1C. The minimum atomic E-state index is -0.665. The number of aryl methyl sites for hydroxylation is 1. The molecule has 132 valence electrons. The van der Waals surface area contributed by atoms with Crippen molar-refractivity contribution in [2.24, 2.45) is 0 Å². The predicted molar refractivity (Wildman–Crippen MR) is 90.2 cm³/mol.